The fourth-order valence-corrected chi connectivity index (χ4v) is 10.2. The molecule has 0 atom stereocenters. The van der Waals surface area contributed by atoms with E-state index in [2.05, 4.69) is 47.2 Å². The number of fused-ring (bicyclic) bond motifs is 1. The van der Waals surface area contributed by atoms with Gasteiger partial charge in [0.1, 0.15) is 11.0 Å². The Kier molecular flexibility index (Phi) is 18.4. The van der Waals surface area contributed by atoms with Crippen molar-refractivity contribution in [2.45, 2.75) is 105 Å². The van der Waals surface area contributed by atoms with Gasteiger partial charge >= 0.3 is 0 Å². The monoisotopic (exact) mass is 1080 g/mol. The number of nitrogen functional groups attached to an aromatic ring is 1. The molecule has 80 heavy (non-hydrogen) atoms. The first kappa shape index (κ1) is 56.1. The highest BCUT2D eigenvalue weighted by atomic mass is 32.1. The van der Waals surface area contributed by atoms with E-state index in [9.17, 15) is 19.2 Å². The summed E-state index contributed by atoms with van der Waals surface area (Å²) < 4.78 is 3.14. The molecule has 13 heteroatoms. The Morgan fingerprint density at radius 2 is 0.725 bits per heavy atom. The lowest BCUT2D eigenvalue weighted by Crippen LogP contribution is -2.11. The fourth-order valence-electron chi connectivity index (χ4n) is 9.99. The van der Waals surface area contributed by atoms with Gasteiger partial charge in [0.25, 0.3) is 0 Å². The van der Waals surface area contributed by atoms with Gasteiger partial charge in [-0.15, -0.1) is 10.2 Å². The number of anilines is 8. The van der Waals surface area contributed by atoms with E-state index >= 15 is 0 Å². The number of hydrogen-bond acceptors (Lipinski definition) is 12. The van der Waals surface area contributed by atoms with Crippen molar-refractivity contribution < 1.29 is 19.2 Å². The maximum absolute atomic E-state index is 13.1. The predicted octanol–water partition coefficient (Wildman–Crippen LogP) is 17.4. The number of aromatic nitrogens is 4. The largest absolute Gasteiger partial charge is 0.396 e. The van der Waals surface area contributed by atoms with Gasteiger partial charge in [-0.3, -0.25) is 24.2 Å². The van der Waals surface area contributed by atoms with E-state index in [4.69, 9.17) is 28.7 Å². The molecule has 9 aromatic rings. The standard InChI is InChI=1S/C67H68N8O4S/c1-5-9-13-58(76)45-17-29-51(30-18-45)73(52-31-19-46(20-32-52)59(77)14-10-6-2)55-37-25-49(26-38-55)62-64(68)65(72-80)63(67-66(62)70-75(71-67)57-41-43-69-44-42-57)50-27-39-56(40-28-50)74(53-33-21-47(22-34-53)60(78)15-11-7-3)54-35-23-48(24-36-54)61(79)16-12-8-4/h17-44,72,80H,5-16,68H2,1-4H3. The highest BCUT2D eigenvalue weighted by Crippen LogP contribution is 2.48. The molecule has 0 aliphatic carbocycles. The van der Waals surface area contributed by atoms with Gasteiger partial charge < -0.3 is 20.3 Å². The molecule has 2 aromatic heterocycles. The molecule has 0 spiro atoms. The number of nitrogens with zero attached hydrogens (tertiary/aromatic N) is 6. The van der Waals surface area contributed by atoms with Crippen LogP contribution in [-0.2, 0) is 0 Å². The van der Waals surface area contributed by atoms with Gasteiger partial charge in [-0.1, -0.05) is 90.5 Å². The van der Waals surface area contributed by atoms with E-state index in [1.165, 1.54) is 0 Å². The first-order chi connectivity index (χ1) is 39.0. The number of carbonyl (C=O) groups is 4. The van der Waals surface area contributed by atoms with E-state index in [0.29, 0.717) is 87.2 Å². The number of thiol groups is 1. The number of nitrogens with two attached hydrogens (primary N) is 1. The molecule has 7 aromatic carbocycles. The third-order valence-electron chi connectivity index (χ3n) is 14.5. The van der Waals surface area contributed by atoms with E-state index < -0.39 is 0 Å². The molecule has 3 N–H and O–H groups in total. The molecule has 2 heterocycles. The van der Waals surface area contributed by atoms with Gasteiger partial charge in [-0.25, -0.2) is 0 Å². The smallest absolute Gasteiger partial charge is 0.162 e. The molecule has 0 unspecified atom stereocenters. The zero-order valence-electron chi connectivity index (χ0n) is 46.0. The average molecular weight is 1080 g/mol. The van der Waals surface area contributed by atoms with E-state index in [0.717, 1.165) is 96.6 Å². The number of pyridine rings is 1. The predicted molar refractivity (Wildman–Crippen MR) is 329 cm³/mol. The number of ketones is 4. The first-order valence-electron chi connectivity index (χ1n) is 27.9. The molecule has 12 nitrogen and oxygen atoms in total. The summed E-state index contributed by atoms with van der Waals surface area (Å²) in [6, 6.07) is 50.6. The number of hydrogen-bond donors (Lipinski definition) is 3. The highest BCUT2D eigenvalue weighted by molar-refractivity contribution is 7.81. The van der Waals surface area contributed by atoms with E-state index in [-0.39, 0.29) is 23.1 Å². The van der Waals surface area contributed by atoms with Gasteiger partial charge in [0.05, 0.1) is 17.1 Å². The molecule has 9 rings (SSSR count). The Morgan fingerprint density at radius 1 is 0.438 bits per heavy atom. The van der Waals surface area contributed by atoms with Crippen LogP contribution in [0.5, 0.6) is 0 Å². The summed E-state index contributed by atoms with van der Waals surface area (Å²) >= 11 is 4.69. The molecule has 0 radical (unpaired) electrons. The van der Waals surface area contributed by atoms with E-state index in [1.807, 2.05) is 158 Å². The maximum atomic E-state index is 13.1. The minimum atomic E-state index is 0.114. The van der Waals surface area contributed by atoms with Crippen LogP contribution in [-0.4, -0.2) is 43.1 Å². The zero-order chi connectivity index (χ0) is 56.1. The van der Waals surface area contributed by atoms with Crippen LogP contribution in [0.4, 0.5) is 45.5 Å². The SMILES string of the molecule is CCCCC(=O)c1ccc(N(c2ccc(C(=O)CCCC)cc2)c2ccc(-c3c(N)c(NS)c(-c4ccc(N(c5ccc(C(=O)CCCC)cc5)c5ccc(C(=O)CCCC)cc5)cc4)c4nn(-c5ccncc5)nc34)cc2)cc1. The lowest BCUT2D eigenvalue weighted by atomic mass is 9.93. The second kappa shape index (κ2) is 26.3. The Morgan fingerprint density at radius 3 is 1.02 bits per heavy atom. The van der Waals surface area contributed by atoms with Crippen molar-refractivity contribution in [3.63, 3.8) is 0 Å². The van der Waals surface area contributed by atoms with Gasteiger partial charge in [-0.2, -0.15) is 4.80 Å². The van der Waals surface area contributed by atoms with Gasteiger partial charge in [0.2, 0.25) is 0 Å². The third kappa shape index (κ3) is 12.4. The number of rotatable bonds is 26. The average Bonchev–Trinajstić information content (AvgIpc) is 3.94. The summed E-state index contributed by atoms with van der Waals surface area (Å²) in [5.74, 6) is 0.458. The topological polar surface area (TPSA) is 156 Å². The number of unbranched alkanes of at least 4 members (excludes halogenated alkanes) is 4. The van der Waals surface area contributed by atoms with Crippen molar-refractivity contribution in [3.05, 3.63) is 192 Å². The third-order valence-corrected chi connectivity index (χ3v) is 14.8. The quantitative estimate of drug-likeness (QED) is 0.0269. The molecule has 0 saturated carbocycles. The number of Topliss-reactive ketones (excluding diaryl/α,β-unsaturated/α-hetero) is 4. The minimum Gasteiger partial charge on any atom is -0.396 e. The molecule has 0 saturated heterocycles. The van der Waals surface area contributed by atoms with Crippen LogP contribution in [0.1, 0.15) is 146 Å². The highest BCUT2D eigenvalue weighted by Gasteiger charge is 2.26. The first-order valence-corrected chi connectivity index (χ1v) is 28.4. The van der Waals surface area contributed by atoms with Crippen molar-refractivity contribution in [2.24, 2.45) is 0 Å². The molecule has 406 valence electrons. The lowest BCUT2D eigenvalue weighted by molar-refractivity contribution is 0.0972. The summed E-state index contributed by atoms with van der Waals surface area (Å²) in [4.78, 5) is 62.3. The molecular weight excluding hydrogens is 1010 g/mol. The van der Waals surface area contributed by atoms with Gasteiger partial charge in [-0.05, 0) is 170 Å². The van der Waals surface area contributed by atoms with Crippen molar-refractivity contribution in [1.29, 1.82) is 0 Å². The molecule has 0 fully saturated rings. The number of benzene rings is 7. The van der Waals surface area contributed by atoms with Crippen LogP contribution >= 0.6 is 12.8 Å². The Balaban J connectivity index is 1.12. The summed E-state index contributed by atoms with van der Waals surface area (Å²) in [5, 5.41) is 10.3. The van der Waals surface area contributed by atoms with Gasteiger partial charge in [0.15, 0.2) is 23.1 Å². The van der Waals surface area contributed by atoms with Crippen LogP contribution in [0.2, 0.25) is 0 Å². The van der Waals surface area contributed by atoms with Crippen LogP contribution in [0.25, 0.3) is 39.0 Å². The minimum absolute atomic E-state index is 0.114. The molecule has 0 aliphatic heterocycles. The van der Waals surface area contributed by atoms with Crippen LogP contribution in [0, 0.1) is 0 Å². The Labute approximate surface area is 474 Å². The number of carbonyl (C=O) groups excluding carboxylic acids is 4. The molecular formula is C67H68N8O4S. The fraction of sp³-hybridized carbons (Fsp3) is 0.239. The molecule has 0 amide bonds. The number of nitrogens with one attached hydrogen (secondary N) is 1. The summed E-state index contributed by atoms with van der Waals surface area (Å²) in [5.41, 5.74) is 20.8. The Bertz CT molecular complexity index is 3460. The van der Waals surface area contributed by atoms with Crippen LogP contribution < -0.4 is 20.3 Å². The van der Waals surface area contributed by atoms with E-state index in [1.54, 1.807) is 17.2 Å². The summed E-state index contributed by atoms with van der Waals surface area (Å²) in [6.07, 6.45) is 12.5. The van der Waals surface area contributed by atoms with Crippen molar-refractivity contribution >= 4 is 92.5 Å². The molecule has 0 bridgehead atoms. The second-order valence-electron chi connectivity index (χ2n) is 20.1. The summed E-state index contributed by atoms with van der Waals surface area (Å²) in [7, 11) is 0. The van der Waals surface area contributed by atoms with Crippen molar-refractivity contribution in [1.82, 2.24) is 20.0 Å². The van der Waals surface area contributed by atoms with Crippen LogP contribution in [0.15, 0.2) is 170 Å². The Hall–Kier alpha value is -8.68. The molecule has 0 aliphatic rings. The van der Waals surface area contributed by atoms with Gasteiger partial charge in [0, 0.05) is 106 Å². The van der Waals surface area contributed by atoms with Crippen molar-refractivity contribution in [3.8, 4) is 27.9 Å². The summed E-state index contributed by atoms with van der Waals surface area (Å²) in [6.45, 7) is 8.32. The van der Waals surface area contributed by atoms with Crippen molar-refractivity contribution in [2.75, 3.05) is 20.3 Å². The van der Waals surface area contributed by atoms with Crippen LogP contribution in [0.3, 0.4) is 0 Å². The lowest BCUT2D eigenvalue weighted by Gasteiger charge is -2.26. The normalized spacial score (nSPS) is 11.2. The second-order valence-corrected chi connectivity index (χ2v) is 20.3. The zero-order valence-corrected chi connectivity index (χ0v) is 46.9. The maximum Gasteiger partial charge on any atom is 0.162 e.